The van der Waals surface area contributed by atoms with E-state index in [4.69, 9.17) is 5.26 Å². The van der Waals surface area contributed by atoms with Crippen LogP contribution in [0, 0.1) is 11.3 Å². The van der Waals surface area contributed by atoms with Crippen LogP contribution >= 0.6 is 27.3 Å². The second-order valence-corrected chi connectivity index (χ2v) is 4.42. The van der Waals surface area contributed by atoms with Gasteiger partial charge in [0, 0.05) is 0 Å². The van der Waals surface area contributed by atoms with Gasteiger partial charge in [-0.05, 0) is 22.4 Å². The highest BCUT2D eigenvalue weighted by Gasteiger charge is 2.05. The van der Waals surface area contributed by atoms with Gasteiger partial charge in [0.2, 0.25) is 0 Å². The molecule has 0 spiro atoms. The molecule has 1 aromatic rings. The van der Waals surface area contributed by atoms with Crippen molar-refractivity contribution in [1.82, 2.24) is 4.98 Å². The Balaban J connectivity index is 2.90. The highest BCUT2D eigenvalue weighted by Crippen LogP contribution is 2.25. The third-order valence-corrected chi connectivity index (χ3v) is 3.22. The van der Waals surface area contributed by atoms with Gasteiger partial charge >= 0.3 is 0 Å². The Morgan fingerprint density at radius 1 is 1.73 bits per heavy atom. The SMILES string of the molecule is CCc1nc(CC#N)c(Br)s1. The molecule has 1 rings (SSSR count). The molecule has 2 nitrogen and oxygen atoms in total. The number of thiazole rings is 1. The number of halogens is 1. The van der Waals surface area contributed by atoms with Crippen LogP contribution in [0.3, 0.4) is 0 Å². The molecular formula is C7H7BrN2S. The molecule has 1 aromatic heterocycles. The molecule has 0 amide bonds. The van der Waals surface area contributed by atoms with Crippen LogP contribution in [0.4, 0.5) is 0 Å². The van der Waals surface area contributed by atoms with Crippen molar-refractivity contribution in [3.8, 4) is 6.07 Å². The maximum absolute atomic E-state index is 8.42. The van der Waals surface area contributed by atoms with Gasteiger partial charge in [0.05, 0.1) is 27.0 Å². The van der Waals surface area contributed by atoms with Crippen molar-refractivity contribution in [2.24, 2.45) is 0 Å². The van der Waals surface area contributed by atoms with Crippen LogP contribution in [-0.4, -0.2) is 4.98 Å². The Morgan fingerprint density at radius 2 is 2.45 bits per heavy atom. The molecule has 0 N–H and O–H groups in total. The van der Waals surface area contributed by atoms with Crippen molar-refractivity contribution in [3.05, 3.63) is 14.5 Å². The van der Waals surface area contributed by atoms with Gasteiger partial charge in [0.25, 0.3) is 0 Å². The third kappa shape index (κ3) is 2.01. The summed E-state index contributed by atoms with van der Waals surface area (Å²) in [5.74, 6) is 0. The molecule has 0 fully saturated rings. The summed E-state index contributed by atoms with van der Waals surface area (Å²) in [5, 5.41) is 9.51. The van der Waals surface area contributed by atoms with Crippen molar-refractivity contribution >= 4 is 27.3 Å². The van der Waals surface area contributed by atoms with Crippen molar-refractivity contribution in [2.45, 2.75) is 19.8 Å². The lowest BCUT2D eigenvalue weighted by atomic mass is 10.4. The predicted octanol–water partition coefficient (Wildman–Crippen LogP) is 2.53. The summed E-state index contributed by atoms with van der Waals surface area (Å²) >= 11 is 4.97. The van der Waals surface area contributed by atoms with E-state index >= 15 is 0 Å². The highest BCUT2D eigenvalue weighted by molar-refractivity contribution is 9.11. The van der Waals surface area contributed by atoms with Crippen molar-refractivity contribution < 1.29 is 0 Å². The van der Waals surface area contributed by atoms with Crippen LogP contribution in [0.15, 0.2) is 3.79 Å². The van der Waals surface area contributed by atoms with Gasteiger partial charge in [-0.3, -0.25) is 0 Å². The largest absolute Gasteiger partial charge is 0.244 e. The van der Waals surface area contributed by atoms with Crippen LogP contribution in [-0.2, 0) is 12.8 Å². The molecule has 0 aromatic carbocycles. The van der Waals surface area contributed by atoms with Crippen molar-refractivity contribution in [3.63, 3.8) is 0 Å². The van der Waals surface area contributed by atoms with Gasteiger partial charge in [0.1, 0.15) is 0 Å². The Hall–Kier alpha value is -0.400. The van der Waals surface area contributed by atoms with E-state index in [1.54, 1.807) is 11.3 Å². The minimum atomic E-state index is 0.400. The summed E-state index contributed by atoms with van der Waals surface area (Å²) in [7, 11) is 0. The van der Waals surface area contributed by atoms with Gasteiger partial charge in [-0.2, -0.15) is 5.26 Å². The molecule has 0 aliphatic carbocycles. The molecule has 11 heavy (non-hydrogen) atoms. The van der Waals surface area contributed by atoms with Crippen LogP contribution in [0.2, 0.25) is 0 Å². The molecule has 0 saturated carbocycles. The van der Waals surface area contributed by atoms with E-state index in [0.29, 0.717) is 6.42 Å². The Bertz CT molecular complexity index is 287. The van der Waals surface area contributed by atoms with Crippen LogP contribution in [0.5, 0.6) is 0 Å². The number of hydrogen-bond acceptors (Lipinski definition) is 3. The Morgan fingerprint density at radius 3 is 2.91 bits per heavy atom. The fourth-order valence-electron chi connectivity index (χ4n) is 0.715. The number of aryl methyl sites for hydroxylation is 1. The van der Waals surface area contributed by atoms with E-state index in [0.717, 1.165) is 20.9 Å². The summed E-state index contributed by atoms with van der Waals surface area (Å²) in [6.07, 6.45) is 1.34. The smallest absolute Gasteiger partial charge is 0.0942 e. The number of nitrogens with zero attached hydrogens (tertiary/aromatic N) is 2. The zero-order valence-corrected chi connectivity index (χ0v) is 8.50. The topological polar surface area (TPSA) is 36.7 Å². The minimum Gasteiger partial charge on any atom is -0.244 e. The van der Waals surface area contributed by atoms with Gasteiger partial charge in [-0.1, -0.05) is 6.92 Å². The summed E-state index contributed by atoms with van der Waals surface area (Å²) < 4.78 is 0.996. The van der Waals surface area contributed by atoms with Gasteiger partial charge in [-0.15, -0.1) is 11.3 Å². The third-order valence-electron chi connectivity index (χ3n) is 1.24. The number of nitriles is 1. The average molecular weight is 231 g/mol. The summed E-state index contributed by atoms with van der Waals surface area (Å²) in [6, 6.07) is 2.08. The molecule has 0 aliphatic heterocycles. The molecule has 1 heterocycles. The van der Waals surface area contributed by atoms with E-state index < -0.39 is 0 Å². The van der Waals surface area contributed by atoms with E-state index in [1.807, 2.05) is 0 Å². The normalized spacial score (nSPS) is 9.55. The Labute approximate surface area is 78.0 Å². The minimum absolute atomic E-state index is 0.400. The summed E-state index contributed by atoms with van der Waals surface area (Å²) in [5.41, 5.74) is 0.870. The molecule has 4 heteroatoms. The second-order valence-electron chi connectivity index (χ2n) is 2.02. The predicted molar refractivity (Wildman–Crippen MR) is 48.5 cm³/mol. The molecule has 0 atom stereocenters. The lowest BCUT2D eigenvalue weighted by molar-refractivity contribution is 1.04. The van der Waals surface area contributed by atoms with Crippen molar-refractivity contribution in [1.29, 1.82) is 5.26 Å². The number of aromatic nitrogens is 1. The van der Waals surface area contributed by atoms with Gasteiger partial charge in [-0.25, -0.2) is 4.98 Å². The number of rotatable bonds is 2. The first-order valence-electron chi connectivity index (χ1n) is 3.29. The van der Waals surface area contributed by atoms with Crippen LogP contribution < -0.4 is 0 Å². The van der Waals surface area contributed by atoms with Gasteiger partial charge in [0.15, 0.2) is 0 Å². The lowest BCUT2D eigenvalue weighted by Crippen LogP contribution is -1.83. The molecule has 0 aliphatic rings. The number of hydrogen-bond donors (Lipinski definition) is 0. The van der Waals surface area contributed by atoms with Crippen LogP contribution in [0.25, 0.3) is 0 Å². The van der Waals surface area contributed by atoms with E-state index in [9.17, 15) is 0 Å². The fourth-order valence-corrected chi connectivity index (χ4v) is 2.25. The molecule has 58 valence electrons. The maximum Gasteiger partial charge on any atom is 0.0942 e. The standard InChI is InChI=1S/C7H7BrN2S/c1-2-6-10-5(3-4-9)7(8)11-6/h2-3H2,1H3. The Kier molecular flexibility index (Phi) is 3.03. The van der Waals surface area contributed by atoms with Gasteiger partial charge < -0.3 is 0 Å². The first kappa shape index (κ1) is 8.69. The molecule has 0 saturated heterocycles. The molecule has 0 radical (unpaired) electrons. The quantitative estimate of drug-likeness (QED) is 0.784. The zero-order valence-electron chi connectivity index (χ0n) is 6.09. The summed E-state index contributed by atoms with van der Waals surface area (Å²) in [6.45, 7) is 2.06. The molecule has 0 unspecified atom stereocenters. The lowest BCUT2D eigenvalue weighted by Gasteiger charge is -1.83. The first-order chi connectivity index (χ1) is 5.27. The average Bonchev–Trinajstić information content (AvgIpc) is 2.33. The molecule has 0 bridgehead atoms. The zero-order chi connectivity index (χ0) is 8.27. The summed E-state index contributed by atoms with van der Waals surface area (Å²) in [4.78, 5) is 4.27. The first-order valence-corrected chi connectivity index (χ1v) is 4.90. The second kappa shape index (κ2) is 3.84. The van der Waals surface area contributed by atoms with E-state index in [1.165, 1.54) is 0 Å². The maximum atomic E-state index is 8.42. The van der Waals surface area contributed by atoms with E-state index in [-0.39, 0.29) is 0 Å². The van der Waals surface area contributed by atoms with E-state index in [2.05, 4.69) is 33.9 Å². The van der Waals surface area contributed by atoms with Crippen LogP contribution in [0.1, 0.15) is 17.6 Å². The highest BCUT2D eigenvalue weighted by atomic mass is 79.9. The molecular weight excluding hydrogens is 224 g/mol. The fraction of sp³-hybridized carbons (Fsp3) is 0.429. The van der Waals surface area contributed by atoms with Crippen molar-refractivity contribution in [2.75, 3.05) is 0 Å². The monoisotopic (exact) mass is 230 g/mol.